The molecular formula is C16H26N2O4. The fourth-order valence-corrected chi connectivity index (χ4v) is 2.29. The highest BCUT2D eigenvalue weighted by atomic mass is 16.5. The van der Waals surface area contributed by atoms with Crippen LogP contribution in [-0.4, -0.2) is 39.3 Å². The minimum atomic E-state index is -0.405. The maximum Gasteiger partial charge on any atom is 0.252 e. The highest BCUT2D eigenvalue weighted by Gasteiger charge is 2.27. The molecule has 3 N–H and O–H groups in total. The van der Waals surface area contributed by atoms with Crippen LogP contribution in [0.5, 0.6) is 17.2 Å². The van der Waals surface area contributed by atoms with Gasteiger partial charge in [0, 0.05) is 12.1 Å². The number of amides is 1. The number of ether oxygens (including phenoxy) is 3. The summed E-state index contributed by atoms with van der Waals surface area (Å²) in [5, 5.41) is 3.02. The standard InChI is InChI=1S/C16H26N2O4/c1-6-16(7-2,10-17)18-15(19)11-8-12(20-3)14(22-5)13(9-11)21-4/h8-9H,6-7,10,17H2,1-5H3,(H,18,19). The van der Waals surface area contributed by atoms with Crippen molar-refractivity contribution < 1.29 is 19.0 Å². The predicted molar refractivity (Wildman–Crippen MR) is 85.9 cm³/mol. The maximum atomic E-state index is 12.6. The van der Waals surface area contributed by atoms with Crippen molar-refractivity contribution in [2.45, 2.75) is 32.2 Å². The molecule has 0 aliphatic heterocycles. The van der Waals surface area contributed by atoms with E-state index < -0.39 is 5.54 Å². The molecule has 1 aromatic rings. The van der Waals surface area contributed by atoms with E-state index in [1.54, 1.807) is 12.1 Å². The third kappa shape index (κ3) is 3.62. The van der Waals surface area contributed by atoms with Crippen LogP contribution < -0.4 is 25.3 Å². The minimum absolute atomic E-state index is 0.214. The van der Waals surface area contributed by atoms with Gasteiger partial charge >= 0.3 is 0 Å². The topological polar surface area (TPSA) is 82.8 Å². The van der Waals surface area contributed by atoms with E-state index in [-0.39, 0.29) is 5.91 Å². The van der Waals surface area contributed by atoms with E-state index in [2.05, 4.69) is 5.32 Å². The second-order valence-corrected chi connectivity index (χ2v) is 5.06. The average molecular weight is 310 g/mol. The van der Waals surface area contributed by atoms with Gasteiger partial charge in [-0.2, -0.15) is 0 Å². The van der Waals surface area contributed by atoms with Crippen LogP contribution in [0.1, 0.15) is 37.0 Å². The molecule has 6 nitrogen and oxygen atoms in total. The molecule has 0 aliphatic rings. The SMILES string of the molecule is CCC(CC)(CN)NC(=O)c1cc(OC)c(OC)c(OC)c1. The number of nitrogens with two attached hydrogens (primary N) is 1. The van der Waals surface area contributed by atoms with E-state index in [4.69, 9.17) is 19.9 Å². The average Bonchev–Trinajstić information content (AvgIpc) is 2.58. The van der Waals surface area contributed by atoms with Gasteiger partial charge in [0.05, 0.1) is 26.9 Å². The smallest absolute Gasteiger partial charge is 0.252 e. The van der Waals surface area contributed by atoms with Crippen LogP contribution in [0.3, 0.4) is 0 Å². The summed E-state index contributed by atoms with van der Waals surface area (Å²) in [5.41, 5.74) is 5.86. The van der Waals surface area contributed by atoms with Gasteiger partial charge in [-0.3, -0.25) is 4.79 Å². The highest BCUT2D eigenvalue weighted by Crippen LogP contribution is 2.38. The first-order valence-corrected chi connectivity index (χ1v) is 7.33. The molecule has 1 amide bonds. The molecule has 6 heteroatoms. The lowest BCUT2D eigenvalue weighted by molar-refractivity contribution is 0.0894. The van der Waals surface area contributed by atoms with E-state index in [1.165, 1.54) is 21.3 Å². The third-order valence-corrected chi connectivity index (χ3v) is 4.05. The number of methoxy groups -OCH3 is 3. The Morgan fingerprint density at radius 1 is 1.09 bits per heavy atom. The van der Waals surface area contributed by atoms with Crippen molar-refractivity contribution in [1.29, 1.82) is 0 Å². The zero-order valence-electron chi connectivity index (χ0n) is 14.0. The first kappa shape index (κ1) is 18.1. The Labute approximate surface area is 131 Å². The molecule has 0 saturated heterocycles. The van der Waals surface area contributed by atoms with Gasteiger partial charge in [-0.1, -0.05) is 13.8 Å². The summed E-state index contributed by atoms with van der Waals surface area (Å²) >= 11 is 0. The largest absolute Gasteiger partial charge is 0.493 e. The van der Waals surface area contributed by atoms with Crippen molar-refractivity contribution in [2.24, 2.45) is 5.73 Å². The fraction of sp³-hybridized carbons (Fsp3) is 0.562. The molecule has 1 aromatic carbocycles. The van der Waals surface area contributed by atoms with Gasteiger partial charge in [-0.15, -0.1) is 0 Å². The Balaban J connectivity index is 3.18. The minimum Gasteiger partial charge on any atom is -0.493 e. The Kier molecular flexibility index (Phi) is 6.49. The number of rotatable bonds is 8. The van der Waals surface area contributed by atoms with E-state index in [1.807, 2.05) is 13.8 Å². The van der Waals surface area contributed by atoms with Crippen molar-refractivity contribution in [3.8, 4) is 17.2 Å². The number of hydrogen-bond donors (Lipinski definition) is 2. The fourth-order valence-electron chi connectivity index (χ4n) is 2.29. The summed E-state index contributed by atoms with van der Waals surface area (Å²) in [7, 11) is 4.55. The lowest BCUT2D eigenvalue weighted by atomic mass is 9.92. The molecule has 124 valence electrons. The number of hydrogen-bond acceptors (Lipinski definition) is 5. The maximum absolute atomic E-state index is 12.6. The van der Waals surface area contributed by atoms with E-state index in [9.17, 15) is 4.79 Å². The monoisotopic (exact) mass is 310 g/mol. The molecule has 0 heterocycles. The zero-order valence-corrected chi connectivity index (χ0v) is 14.0. The van der Waals surface area contributed by atoms with Crippen molar-refractivity contribution >= 4 is 5.91 Å². The number of benzene rings is 1. The summed E-state index contributed by atoms with van der Waals surface area (Å²) in [6.07, 6.45) is 1.52. The van der Waals surface area contributed by atoms with Gasteiger partial charge in [0.1, 0.15) is 0 Å². The zero-order chi connectivity index (χ0) is 16.8. The van der Waals surface area contributed by atoms with Crippen LogP contribution in [0.15, 0.2) is 12.1 Å². The Morgan fingerprint density at radius 3 is 1.91 bits per heavy atom. The Morgan fingerprint density at radius 2 is 1.59 bits per heavy atom. The van der Waals surface area contributed by atoms with Crippen LogP contribution in [0.4, 0.5) is 0 Å². The van der Waals surface area contributed by atoms with Gasteiger partial charge in [-0.25, -0.2) is 0 Å². The van der Waals surface area contributed by atoms with Crippen molar-refractivity contribution in [2.75, 3.05) is 27.9 Å². The van der Waals surface area contributed by atoms with Gasteiger partial charge in [0.15, 0.2) is 11.5 Å². The first-order valence-electron chi connectivity index (χ1n) is 7.33. The Bertz CT molecular complexity index is 480. The molecule has 1 rings (SSSR count). The second kappa shape index (κ2) is 7.89. The van der Waals surface area contributed by atoms with Crippen LogP contribution in [0, 0.1) is 0 Å². The van der Waals surface area contributed by atoms with Crippen LogP contribution in [0.2, 0.25) is 0 Å². The van der Waals surface area contributed by atoms with E-state index >= 15 is 0 Å². The summed E-state index contributed by atoms with van der Waals surface area (Å²) in [4.78, 5) is 12.6. The Hall–Kier alpha value is -1.95. The van der Waals surface area contributed by atoms with Crippen molar-refractivity contribution in [1.82, 2.24) is 5.32 Å². The molecule has 0 aromatic heterocycles. The summed E-state index contributed by atoms with van der Waals surface area (Å²) < 4.78 is 15.8. The quantitative estimate of drug-likeness (QED) is 0.767. The van der Waals surface area contributed by atoms with Crippen LogP contribution in [-0.2, 0) is 0 Å². The van der Waals surface area contributed by atoms with Crippen molar-refractivity contribution in [3.05, 3.63) is 17.7 Å². The lowest BCUT2D eigenvalue weighted by Crippen LogP contribution is -2.52. The molecule has 22 heavy (non-hydrogen) atoms. The van der Waals surface area contributed by atoms with E-state index in [0.29, 0.717) is 29.4 Å². The van der Waals surface area contributed by atoms with E-state index in [0.717, 1.165) is 12.8 Å². The lowest BCUT2D eigenvalue weighted by Gasteiger charge is -2.31. The molecule has 0 bridgehead atoms. The van der Waals surface area contributed by atoms with Crippen LogP contribution in [0.25, 0.3) is 0 Å². The molecule has 0 saturated carbocycles. The summed E-state index contributed by atoms with van der Waals surface area (Å²) in [5.74, 6) is 1.13. The van der Waals surface area contributed by atoms with Crippen molar-refractivity contribution in [3.63, 3.8) is 0 Å². The first-order chi connectivity index (χ1) is 10.5. The number of carbonyl (C=O) groups excluding carboxylic acids is 1. The molecule has 0 aliphatic carbocycles. The van der Waals surface area contributed by atoms with Gasteiger partial charge in [0.2, 0.25) is 5.75 Å². The predicted octanol–water partition coefficient (Wildman–Crippen LogP) is 1.96. The number of carbonyl (C=O) groups is 1. The highest BCUT2D eigenvalue weighted by molar-refractivity contribution is 5.96. The third-order valence-electron chi connectivity index (χ3n) is 4.05. The summed E-state index contributed by atoms with van der Waals surface area (Å²) in [6, 6.07) is 3.26. The molecule has 0 radical (unpaired) electrons. The molecular weight excluding hydrogens is 284 g/mol. The van der Waals surface area contributed by atoms with Gasteiger partial charge in [-0.05, 0) is 25.0 Å². The molecule has 0 unspecified atom stereocenters. The summed E-state index contributed by atoms with van der Waals surface area (Å²) in [6.45, 7) is 4.40. The normalized spacial score (nSPS) is 11.0. The van der Waals surface area contributed by atoms with Crippen LogP contribution >= 0.6 is 0 Å². The molecule has 0 fully saturated rings. The molecule has 0 spiro atoms. The second-order valence-electron chi connectivity index (χ2n) is 5.06. The van der Waals surface area contributed by atoms with Gasteiger partial charge < -0.3 is 25.3 Å². The number of nitrogens with one attached hydrogen (secondary N) is 1. The van der Waals surface area contributed by atoms with Gasteiger partial charge in [0.25, 0.3) is 5.91 Å². The molecule has 0 atom stereocenters.